The summed E-state index contributed by atoms with van der Waals surface area (Å²) < 4.78 is 0. The Morgan fingerprint density at radius 3 is 2.40 bits per heavy atom. The molecule has 0 radical (unpaired) electrons. The van der Waals surface area contributed by atoms with Crippen molar-refractivity contribution in [3.63, 3.8) is 0 Å². The van der Waals surface area contributed by atoms with Crippen molar-refractivity contribution in [3.05, 3.63) is 34.9 Å². The van der Waals surface area contributed by atoms with Crippen molar-refractivity contribution in [1.29, 1.82) is 0 Å². The van der Waals surface area contributed by atoms with E-state index in [9.17, 15) is 0 Å². The maximum atomic E-state index is 5.91. The molecule has 1 aliphatic rings. The summed E-state index contributed by atoms with van der Waals surface area (Å²) in [4.78, 5) is 0. The molecular formula is C13H18ClN. The van der Waals surface area contributed by atoms with Crippen LogP contribution in [0.15, 0.2) is 24.3 Å². The molecule has 1 aromatic rings. The molecule has 1 saturated carbocycles. The zero-order valence-corrected chi connectivity index (χ0v) is 10.1. The molecule has 0 amide bonds. The molecule has 82 valence electrons. The van der Waals surface area contributed by atoms with Gasteiger partial charge in [-0.05, 0) is 43.5 Å². The molecule has 0 aromatic heterocycles. The Morgan fingerprint density at radius 2 is 1.93 bits per heavy atom. The maximum absolute atomic E-state index is 5.91. The Morgan fingerprint density at radius 1 is 1.33 bits per heavy atom. The molecule has 1 nitrogen and oxygen atoms in total. The van der Waals surface area contributed by atoms with E-state index in [0.29, 0.717) is 5.41 Å². The zero-order chi connectivity index (χ0) is 10.9. The first-order valence-electron chi connectivity index (χ1n) is 5.57. The lowest BCUT2D eigenvalue weighted by molar-refractivity contribution is 0.155. The van der Waals surface area contributed by atoms with Crippen molar-refractivity contribution < 1.29 is 0 Å². The average molecular weight is 224 g/mol. The minimum Gasteiger partial charge on any atom is -0.319 e. The molecular weight excluding hydrogens is 206 g/mol. The fourth-order valence-electron chi connectivity index (χ4n) is 2.90. The van der Waals surface area contributed by atoms with E-state index in [-0.39, 0.29) is 0 Å². The summed E-state index contributed by atoms with van der Waals surface area (Å²) in [5.41, 5.74) is 1.79. The van der Waals surface area contributed by atoms with Gasteiger partial charge in [0.25, 0.3) is 0 Å². The van der Waals surface area contributed by atoms with Crippen LogP contribution in [0, 0.1) is 5.92 Å². The molecule has 1 N–H and O–H groups in total. The van der Waals surface area contributed by atoms with Gasteiger partial charge < -0.3 is 5.32 Å². The van der Waals surface area contributed by atoms with Crippen molar-refractivity contribution in [2.24, 2.45) is 5.92 Å². The topological polar surface area (TPSA) is 12.0 Å². The second-order valence-corrected chi connectivity index (χ2v) is 5.27. The minimum absolute atomic E-state index is 0.360. The summed E-state index contributed by atoms with van der Waals surface area (Å²) in [6.45, 7) is 3.39. The second-order valence-electron chi connectivity index (χ2n) is 4.83. The number of halogens is 1. The van der Waals surface area contributed by atoms with E-state index in [1.165, 1.54) is 18.4 Å². The van der Waals surface area contributed by atoms with Crippen LogP contribution in [0.4, 0.5) is 0 Å². The van der Waals surface area contributed by atoms with Crippen LogP contribution in [0.1, 0.15) is 25.3 Å². The van der Waals surface area contributed by atoms with Gasteiger partial charge in [-0.3, -0.25) is 0 Å². The minimum atomic E-state index is 0.360. The van der Waals surface area contributed by atoms with Gasteiger partial charge in [0.2, 0.25) is 0 Å². The lowest BCUT2D eigenvalue weighted by Gasteiger charge is -2.47. The van der Waals surface area contributed by atoms with Crippen molar-refractivity contribution in [2.45, 2.75) is 25.2 Å². The van der Waals surface area contributed by atoms with E-state index < -0.39 is 0 Å². The number of hydrogen-bond acceptors (Lipinski definition) is 1. The summed E-state index contributed by atoms with van der Waals surface area (Å²) >= 11 is 5.91. The van der Waals surface area contributed by atoms with Crippen molar-refractivity contribution >= 4 is 11.6 Å². The quantitative estimate of drug-likeness (QED) is 0.830. The number of hydrogen-bond donors (Lipinski definition) is 1. The van der Waals surface area contributed by atoms with Crippen LogP contribution in [0.5, 0.6) is 0 Å². The molecule has 0 heterocycles. The van der Waals surface area contributed by atoms with E-state index in [2.05, 4.69) is 24.4 Å². The first kappa shape index (κ1) is 11.0. The third kappa shape index (κ3) is 2.04. The van der Waals surface area contributed by atoms with Gasteiger partial charge >= 0.3 is 0 Å². The van der Waals surface area contributed by atoms with Crippen LogP contribution in [-0.2, 0) is 5.41 Å². The van der Waals surface area contributed by atoms with E-state index >= 15 is 0 Å². The summed E-state index contributed by atoms with van der Waals surface area (Å²) in [5.74, 6) is 0.856. The first-order chi connectivity index (χ1) is 7.16. The number of nitrogens with one attached hydrogen (secondary N) is 1. The predicted molar refractivity (Wildman–Crippen MR) is 65.5 cm³/mol. The van der Waals surface area contributed by atoms with Crippen molar-refractivity contribution in [3.8, 4) is 0 Å². The third-order valence-corrected chi connectivity index (χ3v) is 3.70. The smallest absolute Gasteiger partial charge is 0.0406 e. The lowest BCUT2D eigenvalue weighted by Crippen LogP contribution is -2.47. The highest BCUT2D eigenvalue weighted by atomic mass is 35.5. The van der Waals surface area contributed by atoms with Crippen LogP contribution >= 0.6 is 11.6 Å². The molecule has 0 aliphatic heterocycles. The van der Waals surface area contributed by atoms with Gasteiger partial charge in [0.05, 0.1) is 0 Å². The molecule has 2 rings (SSSR count). The highest BCUT2D eigenvalue weighted by molar-refractivity contribution is 6.30. The molecule has 0 spiro atoms. The van der Waals surface area contributed by atoms with E-state index in [1.54, 1.807) is 0 Å². The summed E-state index contributed by atoms with van der Waals surface area (Å²) in [6, 6.07) is 8.34. The van der Waals surface area contributed by atoms with Gasteiger partial charge in [0.15, 0.2) is 0 Å². The van der Waals surface area contributed by atoms with Crippen LogP contribution in [-0.4, -0.2) is 13.6 Å². The van der Waals surface area contributed by atoms with Crippen molar-refractivity contribution in [1.82, 2.24) is 5.32 Å². The number of benzene rings is 1. The van der Waals surface area contributed by atoms with Gasteiger partial charge in [-0.25, -0.2) is 0 Å². The molecule has 1 fully saturated rings. The normalized spacial score (nSPS) is 29.9. The largest absolute Gasteiger partial charge is 0.319 e. The SMILES string of the molecule is CNCC1(c2ccc(Cl)cc2)CC(C)C1. The highest BCUT2D eigenvalue weighted by Gasteiger charge is 2.42. The van der Waals surface area contributed by atoms with Gasteiger partial charge in [-0.2, -0.15) is 0 Å². The molecule has 0 saturated heterocycles. The van der Waals surface area contributed by atoms with Gasteiger partial charge in [0, 0.05) is 17.0 Å². The Balaban J connectivity index is 2.22. The molecule has 0 atom stereocenters. The summed E-state index contributed by atoms with van der Waals surface area (Å²) in [5, 5.41) is 4.14. The Labute approximate surface area is 96.8 Å². The summed E-state index contributed by atoms with van der Waals surface area (Å²) in [6.07, 6.45) is 2.57. The Hall–Kier alpha value is -0.530. The summed E-state index contributed by atoms with van der Waals surface area (Å²) in [7, 11) is 2.03. The van der Waals surface area contributed by atoms with Crippen molar-refractivity contribution in [2.75, 3.05) is 13.6 Å². The first-order valence-corrected chi connectivity index (χ1v) is 5.95. The lowest BCUT2D eigenvalue weighted by atomic mass is 9.59. The molecule has 0 bridgehead atoms. The number of likely N-dealkylation sites (N-methyl/N-ethyl adjacent to an activating group) is 1. The third-order valence-electron chi connectivity index (χ3n) is 3.45. The molecule has 15 heavy (non-hydrogen) atoms. The Bertz CT molecular complexity index is 319. The van der Waals surface area contributed by atoms with E-state index in [0.717, 1.165) is 17.5 Å². The molecule has 0 unspecified atom stereocenters. The van der Waals surface area contributed by atoms with Gasteiger partial charge in [-0.15, -0.1) is 0 Å². The van der Waals surface area contributed by atoms with Crippen LogP contribution < -0.4 is 5.32 Å². The fraction of sp³-hybridized carbons (Fsp3) is 0.538. The number of rotatable bonds is 3. The van der Waals surface area contributed by atoms with E-state index in [4.69, 9.17) is 11.6 Å². The Kier molecular flexibility index (Phi) is 3.03. The van der Waals surface area contributed by atoms with Gasteiger partial charge in [0.1, 0.15) is 0 Å². The van der Waals surface area contributed by atoms with Crippen LogP contribution in [0.3, 0.4) is 0 Å². The van der Waals surface area contributed by atoms with E-state index in [1.807, 2.05) is 19.2 Å². The monoisotopic (exact) mass is 223 g/mol. The highest BCUT2D eigenvalue weighted by Crippen LogP contribution is 2.47. The standard InChI is InChI=1S/C13H18ClN/c1-10-7-13(8-10,9-15-2)11-3-5-12(14)6-4-11/h3-6,10,15H,7-9H2,1-2H3. The predicted octanol–water partition coefficient (Wildman–Crippen LogP) is 3.23. The zero-order valence-electron chi connectivity index (χ0n) is 9.39. The molecule has 1 aliphatic carbocycles. The van der Waals surface area contributed by atoms with Crippen LogP contribution in [0.25, 0.3) is 0 Å². The molecule has 1 aromatic carbocycles. The fourth-order valence-corrected chi connectivity index (χ4v) is 3.02. The average Bonchev–Trinajstić information content (AvgIpc) is 2.16. The van der Waals surface area contributed by atoms with Crippen LogP contribution in [0.2, 0.25) is 5.02 Å². The van der Waals surface area contributed by atoms with Gasteiger partial charge in [-0.1, -0.05) is 30.7 Å². The second kappa shape index (κ2) is 4.15. The maximum Gasteiger partial charge on any atom is 0.0406 e. The molecule has 2 heteroatoms.